The second-order valence-electron chi connectivity index (χ2n) is 4.31. The van der Waals surface area contributed by atoms with Gasteiger partial charge in [0.1, 0.15) is 6.04 Å². The molecule has 0 unspecified atom stereocenters. The largest absolute Gasteiger partial charge is 0.480 e. The first-order valence-electron chi connectivity index (χ1n) is 5.93. The third kappa shape index (κ3) is 3.42. The Balaban J connectivity index is 1.95. The van der Waals surface area contributed by atoms with Crippen molar-refractivity contribution >= 4 is 35.2 Å². The third-order valence-corrected chi connectivity index (χ3v) is 4.43. The molecule has 102 valence electrons. The van der Waals surface area contributed by atoms with Crippen LogP contribution in [0.2, 0.25) is 5.02 Å². The quantitative estimate of drug-likeness (QED) is 0.926. The van der Waals surface area contributed by atoms with Crippen molar-refractivity contribution in [2.45, 2.75) is 18.9 Å². The minimum atomic E-state index is -0.934. The van der Waals surface area contributed by atoms with Gasteiger partial charge in [-0.3, -0.25) is 4.79 Å². The molecule has 1 fully saturated rings. The Morgan fingerprint density at radius 2 is 2.16 bits per heavy atom. The highest BCUT2D eigenvalue weighted by Gasteiger charge is 2.34. The molecule has 0 radical (unpaired) electrons. The summed E-state index contributed by atoms with van der Waals surface area (Å²) in [5.41, 5.74) is 0.913. The predicted octanol–water partition coefficient (Wildman–Crippen LogP) is 2.26. The number of carboxylic acid groups (broad SMARTS) is 1. The molecule has 0 spiro atoms. The highest BCUT2D eigenvalue weighted by atomic mass is 35.5. The number of benzene rings is 1. The summed E-state index contributed by atoms with van der Waals surface area (Å²) in [6.45, 7) is 0. The lowest BCUT2D eigenvalue weighted by Gasteiger charge is -2.20. The number of aryl methyl sites for hydroxylation is 1. The molecule has 1 aromatic carbocycles. The molecule has 1 aliphatic rings. The van der Waals surface area contributed by atoms with Crippen molar-refractivity contribution in [2.24, 2.45) is 0 Å². The van der Waals surface area contributed by atoms with Crippen LogP contribution in [0.25, 0.3) is 0 Å². The van der Waals surface area contributed by atoms with Gasteiger partial charge < -0.3 is 10.0 Å². The maximum Gasteiger partial charge on any atom is 0.327 e. The fraction of sp³-hybridized carbons (Fsp3) is 0.385. The van der Waals surface area contributed by atoms with Gasteiger partial charge in [0.2, 0.25) is 5.91 Å². The molecule has 19 heavy (non-hydrogen) atoms. The molecule has 0 bridgehead atoms. The molecule has 1 saturated heterocycles. The van der Waals surface area contributed by atoms with Crippen LogP contribution in [-0.2, 0) is 16.0 Å². The van der Waals surface area contributed by atoms with Crippen LogP contribution in [0, 0.1) is 0 Å². The van der Waals surface area contributed by atoms with Crippen molar-refractivity contribution in [1.29, 1.82) is 0 Å². The minimum absolute atomic E-state index is 0.127. The summed E-state index contributed by atoms with van der Waals surface area (Å²) in [7, 11) is 0. The Morgan fingerprint density at radius 3 is 2.84 bits per heavy atom. The van der Waals surface area contributed by atoms with E-state index in [-0.39, 0.29) is 12.3 Å². The van der Waals surface area contributed by atoms with Gasteiger partial charge in [0, 0.05) is 17.2 Å². The topological polar surface area (TPSA) is 57.6 Å². The number of nitrogens with zero attached hydrogens (tertiary/aromatic N) is 1. The second kappa shape index (κ2) is 6.30. The Bertz CT molecular complexity index is 495. The minimum Gasteiger partial charge on any atom is -0.480 e. The first-order chi connectivity index (χ1) is 9.09. The number of hydrogen-bond donors (Lipinski definition) is 1. The number of thioether (sulfide) groups is 1. The zero-order chi connectivity index (χ0) is 13.8. The molecule has 6 heteroatoms. The van der Waals surface area contributed by atoms with E-state index in [1.807, 2.05) is 18.2 Å². The molecule has 4 nitrogen and oxygen atoms in total. The van der Waals surface area contributed by atoms with Crippen molar-refractivity contribution < 1.29 is 14.7 Å². The molecular weight excluding hydrogens is 286 g/mol. The normalized spacial score (nSPS) is 18.6. The van der Waals surface area contributed by atoms with Gasteiger partial charge in [0.05, 0.1) is 5.88 Å². The molecule has 0 saturated carbocycles. The highest BCUT2D eigenvalue weighted by Crippen LogP contribution is 2.23. The molecule has 0 aromatic heterocycles. The zero-order valence-electron chi connectivity index (χ0n) is 10.2. The van der Waals surface area contributed by atoms with Crippen molar-refractivity contribution in [2.75, 3.05) is 11.6 Å². The lowest BCUT2D eigenvalue weighted by atomic mass is 10.1. The smallest absolute Gasteiger partial charge is 0.327 e. The summed E-state index contributed by atoms with van der Waals surface area (Å²) < 4.78 is 0. The number of aliphatic carboxylic acids is 1. The molecule has 1 aliphatic heterocycles. The fourth-order valence-electron chi connectivity index (χ4n) is 1.98. The van der Waals surface area contributed by atoms with Crippen LogP contribution >= 0.6 is 23.4 Å². The van der Waals surface area contributed by atoms with E-state index in [4.69, 9.17) is 16.7 Å². The summed E-state index contributed by atoms with van der Waals surface area (Å²) in [5, 5.41) is 9.67. The van der Waals surface area contributed by atoms with E-state index in [0.717, 1.165) is 5.56 Å². The predicted molar refractivity (Wildman–Crippen MR) is 75.4 cm³/mol. The van der Waals surface area contributed by atoms with Gasteiger partial charge in [-0.05, 0) is 18.1 Å². The van der Waals surface area contributed by atoms with Gasteiger partial charge >= 0.3 is 5.97 Å². The maximum atomic E-state index is 12.1. The Morgan fingerprint density at radius 1 is 1.42 bits per heavy atom. The Hall–Kier alpha value is -1.20. The zero-order valence-corrected chi connectivity index (χ0v) is 11.8. The number of carbonyl (C=O) groups is 2. The van der Waals surface area contributed by atoms with Gasteiger partial charge in [0.25, 0.3) is 0 Å². The fourth-order valence-corrected chi connectivity index (χ4v) is 3.38. The first-order valence-corrected chi connectivity index (χ1v) is 7.46. The number of carbonyl (C=O) groups excluding carboxylic acids is 1. The molecule has 1 amide bonds. The molecule has 1 N–H and O–H groups in total. The summed E-state index contributed by atoms with van der Waals surface area (Å²) in [4.78, 5) is 24.5. The number of halogens is 1. The molecule has 1 atom stereocenters. The molecule has 0 aliphatic carbocycles. The third-order valence-electron chi connectivity index (χ3n) is 3.05. The number of amides is 1. The average molecular weight is 300 g/mol. The molecule has 1 heterocycles. The molecule has 2 rings (SSSR count). The summed E-state index contributed by atoms with van der Waals surface area (Å²) in [6.07, 6.45) is 0.820. The van der Waals surface area contributed by atoms with E-state index in [0.29, 0.717) is 23.1 Å². The highest BCUT2D eigenvalue weighted by molar-refractivity contribution is 7.99. The van der Waals surface area contributed by atoms with Gasteiger partial charge in [-0.15, -0.1) is 11.8 Å². The van der Waals surface area contributed by atoms with Crippen LogP contribution in [-0.4, -0.2) is 39.6 Å². The van der Waals surface area contributed by atoms with E-state index < -0.39 is 12.0 Å². The number of rotatable bonds is 4. The Labute approximate surface area is 120 Å². The lowest BCUT2D eigenvalue weighted by Crippen LogP contribution is -2.41. The van der Waals surface area contributed by atoms with Gasteiger partial charge in [-0.25, -0.2) is 4.79 Å². The standard InChI is InChI=1S/C13H14ClNO3S/c14-10-4-2-1-3-9(10)5-6-12(16)15-8-19-7-11(15)13(17)18/h1-4,11H,5-8H2,(H,17,18)/t11-/m0/s1. The van der Waals surface area contributed by atoms with Crippen LogP contribution in [0.5, 0.6) is 0 Å². The van der Waals surface area contributed by atoms with E-state index in [2.05, 4.69) is 0 Å². The Kier molecular flexibility index (Phi) is 4.71. The first kappa shape index (κ1) is 14.2. The van der Waals surface area contributed by atoms with Crippen molar-refractivity contribution in [3.05, 3.63) is 34.9 Å². The monoisotopic (exact) mass is 299 g/mol. The second-order valence-corrected chi connectivity index (χ2v) is 5.72. The SMILES string of the molecule is O=C(O)[C@@H]1CSCN1C(=O)CCc1ccccc1Cl. The summed E-state index contributed by atoms with van der Waals surface area (Å²) in [5.74, 6) is -0.140. The van der Waals surface area contributed by atoms with Crippen LogP contribution in [0.4, 0.5) is 0 Å². The van der Waals surface area contributed by atoms with Crippen LogP contribution < -0.4 is 0 Å². The van der Waals surface area contributed by atoms with E-state index >= 15 is 0 Å². The summed E-state index contributed by atoms with van der Waals surface area (Å²) in [6, 6.07) is 6.68. The molecule has 1 aromatic rings. The van der Waals surface area contributed by atoms with Crippen LogP contribution in [0.15, 0.2) is 24.3 Å². The lowest BCUT2D eigenvalue weighted by molar-refractivity contribution is -0.147. The van der Waals surface area contributed by atoms with Crippen molar-refractivity contribution in [3.63, 3.8) is 0 Å². The van der Waals surface area contributed by atoms with Crippen LogP contribution in [0.3, 0.4) is 0 Å². The molecular formula is C13H14ClNO3S. The average Bonchev–Trinajstić information content (AvgIpc) is 2.87. The van der Waals surface area contributed by atoms with Gasteiger partial charge in [0.15, 0.2) is 0 Å². The van der Waals surface area contributed by atoms with E-state index in [9.17, 15) is 9.59 Å². The summed E-state index contributed by atoms with van der Waals surface area (Å²) >= 11 is 7.49. The van der Waals surface area contributed by atoms with Gasteiger partial charge in [-0.2, -0.15) is 0 Å². The van der Waals surface area contributed by atoms with Crippen molar-refractivity contribution in [3.8, 4) is 0 Å². The van der Waals surface area contributed by atoms with Crippen LogP contribution in [0.1, 0.15) is 12.0 Å². The van der Waals surface area contributed by atoms with E-state index in [1.165, 1.54) is 16.7 Å². The van der Waals surface area contributed by atoms with E-state index in [1.54, 1.807) is 6.07 Å². The maximum absolute atomic E-state index is 12.1. The number of hydrogen-bond acceptors (Lipinski definition) is 3. The number of carboxylic acids is 1. The van der Waals surface area contributed by atoms with Gasteiger partial charge in [-0.1, -0.05) is 29.8 Å². The van der Waals surface area contributed by atoms with Crippen molar-refractivity contribution in [1.82, 2.24) is 4.90 Å².